The number of nitrogens with zero attached hydrogens (tertiary/aromatic N) is 1. The molecule has 1 aromatic carbocycles. The van der Waals surface area contributed by atoms with Gasteiger partial charge in [-0.25, -0.2) is 0 Å². The number of anilines is 1. The number of hydrogen-bond donors (Lipinski definition) is 2. The number of carbonyl (C=O) groups is 2. The van der Waals surface area contributed by atoms with Gasteiger partial charge in [0.05, 0.1) is 6.04 Å². The molecular weight excluding hydrogens is 338 g/mol. The molecule has 0 radical (unpaired) electrons. The maximum atomic E-state index is 12.2. The first-order valence-corrected chi connectivity index (χ1v) is 9.04. The van der Waals surface area contributed by atoms with E-state index in [2.05, 4.69) is 10.6 Å². The number of carbonyl (C=O) groups excluding carboxylic acids is 2. The Bertz CT molecular complexity index is 602. The largest absolute Gasteiger partial charge is 0.350 e. The van der Waals surface area contributed by atoms with Crippen LogP contribution < -0.4 is 15.5 Å². The van der Waals surface area contributed by atoms with Gasteiger partial charge in [-0.3, -0.25) is 9.59 Å². The van der Waals surface area contributed by atoms with E-state index in [1.165, 1.54) is 6.42 Å². The molecule has 0 aliphatic carbocycles. The smallest absolute Gasteiger partial charge is 0.227 e. The maximum absolute atomic E-state index is 12.2. The molecule has 2 heterocycles. The molecule has 2 atom stereocenters. The summed E-state index contributed by atoms with van der Waals surface area (Å²) in [6, 6.07) is 7.92. The summed E-state index contributed by atoms with van der Waals surface area (Å²) >= 11 is 0. The molecule has 2 aliphatic heterocycles. The van der Waals surface area contributed by atoms with E-state index in [1.807, 2.05) is 36.1 Å². The number of halogens is 1. The Labute approximate surface area is 155 Å². The molecule has 2 fully saturated rings. The van der Waals surface area contributed by atoms with E-state index < -0.39 is 0 Å². The lowest BCUT2D eigenvalue weighted by molar-refractivity contribution is -0.122. The van der Waals surface area contributed by atoms with Gasteiger partial charge in [0.1, 0.15) is 0 Å². The molecule has 0 saturated carbocycles. The van der Waals surface area contributed by atoms with Crippen molar-refractivity contribution in [2.75, 3.05) is 24.5 Å². The second kappa shape index (κ2) is 9.20. The van der Waals surface area contributed by atoms with E-state index in [9.17, 15) is 9.59 Å². The first kappa shape index (κ1) is 19.7. The summed E-state index contributed by atoms with van der Waals surface area (Å²) in [5, 5.41) is 6.42. The molecule has 6 heteroatoms. The van der Waals surface area contributed by atoms with Gasteiger partial charge in [0.2, 0.25) is 11.8 Å². The van der Waals surface area contributed by atoms with Crippen LogP contribution in [-0.4, -0.2) is 31.4 Å². The number of hydrogen-bond acceptors (Lipinski definition) is 3. The lowest BCUT2D eigenvalue weighted by atomic mass is 10.0. The van der Waals surface area contributed by atoms with Gasteiger partial charge in [-0.15, -0.1) is 12.4 Å². The van der Waals surface area contributed by atoms with Crippen LogP contribution in [0.15, 0.2) is 24.3 Å². The Morgan fingerprint density at radius 3 is 2.96 bits per heavy atom. The summed E-state index contributed by atoms with van der Waals surface area (Å²) in [6.07, 6.45) is 4.27. The zero-order chi connectivity index (χ0) is 16.9. The Morgan fingerprint density at radius 2 is 2.28 bits per heavy atom. The van der Waals surface area contributed by atoms with Crippen molar-refractivity contribution in [3.8, 4) is 0 Å². The minimum absolute atomic E-state index is 0. The van der Waals surface area contributed by atoms with Gasteiger partial charge >= 0.3 is 0 Å². The summed E-state index contributed by atoms with van der Waals surface area (Å²) in [7, 11) is 0. The maximum Gasteiger partial charge on any atom is 0.227 e. The summed E-state index contributed by atoms with van der Waals surface area (Å²) in [6.45, 7) is 4.90. The summed E-state index contributed by atoms with van der Waals surface area (Å²) < 4.78 is 0. The summed E-state index contributed by atoms with van der Waals surface area (Å²) in [4.78, 5) is 25.9. The number of rotatable bonds is 6. The zero-order valence-electron chi connectivity index (χ0n) is 14.8. The van der Waals surface area contributed by atoms with Crippen LogP contribution in [0.5, 0.6) is 0 Å². The highest BCUT2D eigenvalue weighted by molar-refractivity contribution is 5.95. The Kier molecular flexibility index (Phi) is 7.26. The molecule has 2 aliphatic rings. The van der Waals surface area contributed by atoms with Crippen molar-refractivity contribution in [3.63, 3.8) is 0 Å². The van der Waals surface area contributed by atoms with Crippen LogP contribution in [0.2, 0.25) is 0 Å². The van der Waals surface area contributed by atoms with E-state index in [1.54, 1.807) is 0 Å². The molecule has 2 amide bonds. The van der Waals surface area contributed by atoms with Crippen LogP contribution in [0.1, 0.15) is 50.6 Å². The van der Waals surface area contributed by atoms with Gasteiger partial charge in [-0.05, 0) is 62.9 Å². The molecule has 25 heavy (non-hydrogen) atoms. The summed E-state index contributed by atoms with van der Waals surface area (Å²) in [5.74, 6) is 0.932. The van der Waals surface area contributed by atoms with Gasteiger partial charge in [-0.1, -0.05) is 12.1 Å². The quantitative estimate of drug-likeness (QED) is 0.814. The molecule has 2 saturated heterocycles. The minimum atomic E-state index is -0.0446. The van der Waals surface area contributed by atoms with Crippen molar-refractivity contribution in [1.29, 1.82) is 0 Å². The SMILES string of the molecule is CC(NC(=O)CCC1CCNC1)c1cccc(N2CCCC2=O)c1.Cl. The molecule has 0 spiro atoms. The molecule has 5 nitrogen and oxygen atoms in total. The minimum Gasteiger partial charge on any atom is -0.350 e. The van der Waals surface area contributed by atoms with Crippen molar-refractivity contribution < 1.29 is 9.59 Å². The second-order valence-corrected chi connectivity index (χ2v) is 6.93. The fourth-order valence-corrected chi connectivity index (χ4v) is 3.58. The lowest BCUT2D eigenvalue weighted by Crippen LogP contribution is -2.28. The highest BCUT2D eigenvalue weighted by Crippen LogP contribution is 2.25. The molecule has 1 aromatic rings. The normalized spacial score (nSPS) is 21.1. The van der Waals surface area contributed by atoms with Gasteiger partial charge in [-0.2, -0.15) is 0 Å². The Hall–Kier alpha value is -1.59. The molecular formula is C19H28ClN3O2. The molecule has 2 unspecified atom stereocenters. The monoisotopic (exact) mass is 365 g/mol. The third-order valence-electron chi connectivity index (χ3n) is 5.07. The van der Waals surface area contributed by atoms with Gasteiger partial charge < -0.3 is 15.5 Å². The molecule has 138 valence electrons. The number of nitrogens with one attached hydrogen (secondary N) is 2. The predicted octanol–water partition coefficient (Wildman–Crippen LogP) is 2.80. The van der Waals surface area contributed by atoms with Crippen molar-refractivity contribution >= 4 is 29.9 Å². The topological polar surface area (TPSA) is 61.4 Å². The number of amides is 2. The van der Waals surface area contributed by atoms with Crippen molar-refractivity contribution in [1.82, 2.24) is 10.6 Å². The highest BCUT2D eigenvalue weighted by Gasteiger charge is 2.22. The Balaban J connectivity index is 0.00000225. The fraction of sp³-hybridized carbons (Fsp3) is 0.579. The van der Waals surface area contributed by atoms with E-state index in [4.69, 9.17) is 0 Å². The third-order valence-corrected chi connectivity index (χ3v) is 5.07. The van der Waals surface area contributed by atoms with E-state index >= 15 is 0 Å². The highest BCUT2D eigenvalue weighted by atomic mass is 35.5. The van der Waals surface area contributed by atoms with E-state index in [-0.39, 0.29) is 30.3 Å². The lowest BCUT2D eigenvalue weighted by Gasteiger charge is -2.20. The van der Waals surface area contributed by atoms with Crippen molar-refractivity contribution in [2.45, 2.75) is 45.1 Å². The van der Waals surface area contributed by atoms with Crippen LogP contribution >= 0.6 is 12.4 Å². The molecule has 2 N–H and O–H groups in total. The molecule has 0 bridgehead atoms. The average molecular weight is 366 g/mol. The standard InChI is InChI=1S/C19H27N3O2.ClH/c1-14(21-18(23)8-7-15-9-10-20-13-15)16-4-2-5-17(12-16)22-11-3-6-19(22)24;/h2,4-5,12,14-15,20H,3,6-11,13H2,1H3,(H,21,23);1H. The zero-order valence-corrected chi connectivity index (χ0v) is 15.6. The fourth-order valence-electron chi connectivity index (χ4n) is 3.58. The van der Waals surface area contributed by atoms with Gasteiger partial charge in [0, 0.05) is 25.1 Å². The van der Waals surface area contributed by atoms with Gasteiger partial charge in [0.25, 0.3) is 0 Å². The van der Waals surface area contributed by atoms with E-state index in [0.717, 1.165) is 43.7 Å². The first-order valence-electron chi connectivity index (χ1n) is 9.04. The number of benzene rings is 1. The van der Waals surface area contributed by atoms with Crippen LogP contribution in [0.25, 0.3) is 0 Å². The first-order chi connectivity index (χ1) is 11.6. The van der Waals surface area contributed by atoms with Crippen LogP contribution in [0.3, 0.4) is 0 Å². The molecule has 3 rings (SSSR count). The van der Waals surface area contributed by atoms with Crippen molar-refractivity contribution in [3.05, 3.63) is 29.8 Å². The second-order valence-electron chi connectivity index (χ2n) is 6.93. The van der Waals surface area contributed by atoms with Crippen LogP contribution in [-0.2, 0) is 9.59 Å². The molecule has 0 aromatic heterocycles. The van der Waals surface area contributed by atoms with E-state index in [0.29, 0.717) is 18.8 Å². The summed E-state index contributed by atoms with van der Waals surface area (Å²) in [5.41, 5.74) is 1.98. The predicted molar refractivity (Wildman–Crippen MR) is 102 cm³/mol. The van der Waals surface area contributed by atoms with Crippen LogP contribution in [0.4, 0.5) is 5.69 Å². The average Bonchev–Trinajstić information content (AvgIpc) is 3.24. The van der Waals surface area contributed by atoms with Crippen LogP contribution in [0, 0.1) is 5.92 Å². The third kappa shape index (κ3) is 5.19. The van der Waals surface area contributed by atoms with Gasteiger partial charge in [0.15, 0.2) is 0 Å². The van der Waals surface area contributed by atoms with Crippen molar-refractivity contribution in [2.24, 2.45) is 5.92 Å². The Morgan fingerprint density at radius 1 is 1.44 bits per heavy atom.